The number of nitrogens with zero attached hydrogens (tertiary/aromatic N) is 1. The number of nitrogens with two attached hydrogens (primary N) is 1. The van der Waals surface area contributed by atoms with Crippen LogP contribution < -0.4 is 16.0 Å². The third kappa shape index (κ3) is 3.51. The number of piperidine rings is 1. The topological polar surface area (TPSA) is 58.4 Å². The van der Waals surface area contributed by atoms with Crippen molar-refractivity contribution in [3.05, 3.63) is 29.8 Å². The molecular weight excluding hydrogens is 250 g/mol. The van der Waals surface area contributed by atoms with E-state index < -0.39 is 0 Å². The second-order valence-corrected chi connectivity index (χ2v) is 5.41. The largest absolute Gasteiger partial charge is 0.368 e. The van der Waals surface area contributed by atoms with Crippen LogP contribution in [0.1, 0.15) is 38.2 Å². The molecule has 1 unspecified atom stereocenters. The van der Waals surface area contributed by atoms with Crippen molar-refractivity contribution in [1.29, 1.82) is 0 Å². The molecule has 1 saturated heterocycles. The summed E-state index contributed by atoms with van der Waals surface area (Å²) in [6, 6.07) is 8.16. The highest BCUT2D eigenvalue weighted by molar-refractivity contribution is 5.84. The highest BCUT2D eigenvalue weighted by atomic mass is 16.1. The zero-order valence-corrected chi connectivity index (χ0v) is 12.3. The summed E-state index contributed by atoms with van der Waals surface area (Å²) in [7, 11) is 0. The summed E-state index contributed by atoms with van der Waals surface area (Å²) in [5, 5.41) is 3.43. The molecule has 1 fully saturated rings. The van der Waals surface area contributed by atoms with E-state index in [4.69, 9.17) is 5.73 Å². The number of anilines is 1. The Morgan fingerprint density at radius 1 is 1.40 bits per heavy atom. The molecule has 1 heterocycles. The summed E-state index contributed by atoms with van der Waals surface area (Å²) in [5.74, 6) is -0.207. The average Bonchev–Trinajstić information content (AvgIpc) is 2.48. The fourth-order valence-electron chi connectivity index (χ4n) is 2.86. The second kappa shape index (κ2) is 7.29. The van der Waals surface area contributed by atoms with Gasteiger partial charge in [0.05, 0.1) is 0 Å². The van der Waals surface area contributed by atoms with Crippen LogP contribution in [0.4, 0.5) is 5.69 Å². The van der Waals surface area contributed by atoms with E-state index in [1.807, 2.05) is 6.07 Å². The summed E-state index contributed by atoms with van der Waals surface area (Å²) in [6.07, 6.45) is 4.20. The Hall–Kier alpha value is -1.55. The first-order valence-corrected chi connectivity index (χ1v) is 7.58. The van der Waals surface area contributed by atoms with Crippen LogP contribution in [0.5, 0.6) is 0 Å². The molecular formula is C16H25N3O. The van der Waals surface area contributed by atoms with Gasteiger partial charge in [0.25, 0.3) is 0 Å². The van der Waals surface area contributed by atoms with E-state index in [1.54, 1.807) is 0 Å². The molecule has 4 heteroatoms. The van der Waals surface area contributed by atoms with Crippen molar-refractivity contribution in [2.45, 2.75) is 45.2 Å². The molecule has 0 radical (unpaired) electrons. The molecule has 0 aliphatic carbocycles. The molecule has 1 atom stereocenters. The minimum Gasteiger partial charge on any atom is -0.368 e. The van der Waals surface area contributed by atoms with Crippen LogP contribution in [0.15, 0.2) is 24.3 Å². The molecule has 4 nitrogen and oxygen atoms in total. The number of rotatable bonds is 6. The van der Waals surface area contributed by atoms with Crippen LogP contribution in [0.2, 0.25) is 0 Å². The van der Waals surface area contributed by atoms with Gasteiger partial charge in [-0.1, -0.05) is 25.1 Å². The summed E-state index contributed by atoms with van der Waals surface area (Å²) < 4.78 is 0. The van der Waals surface area contributed by atoms with Gasteiger partial charge < -0.3 is 16.0 Å². The van der Waals surface area contributed by atoms with Crippen LogP contribution in [0, 0.1) is 0 Å². The van der Waals surface area contributed by atoms with E-state index in [9.17, 15) is 4.79 Å². The first kappa shape index (κ1) is 14.9. The van der Waals surface area contributed by atoms with Crippen molar-refractivity contribution >= 4 is 11.6 Å². The number of hydrogen-bond donors (Lipinski definition) is 2. The molecule has 110 valence electrons. The normalized spacial score (nSPS) is 19.1. The maximum atomic E-state index is 11.7. The molecule has 3 N–H and O–H groups in total. The minimum absolute atomic E-state index is 0.156. The molecule has 1 aliphatic rings. The fourth-order valence-corrected chi connectivity index (χ4v) is 2.86. The molecule has 0 bridgehead atoms. The smallest absolute Gasteiger partial charge is 0.240 e. The zero-order valence-electron chi connectivity index (χ0n) is 12.3. The van der Waals surface area contributed by atoms with Crippen LogP contribution in [-0.2, 0) is 11.3 Å². The van der Waals surface area contributed by atoms with Gasteiger partial charge in [0.1, 0.15) is 6.04 Å². The number of para-hydroxylation sites is 1. The Morgan fingerprint density at radius 2 is 2.20 bits per heavy atom. The lowest BCUT2D eigenvalue weighted by molar-refractivity contribution is -0.119. The highest BCUT2D eigenvalue weighted by Gasteiger charge is 2.28. The SMILES string of the molecule is CCCNCc1ccccc1N1CCCCC1C(N)=O. The molecule has 1 amide bonds. The lowest BCUT2D eigenvalue weighted by Gasteiger charge is -2.36. The number of hydrogen-bond acceptors (Lipinski definition) is 3. The van der Waals surface area contributed by atoms with Crippen molar-refractivity contribution in [2.75, 3.05) is 18.0 Å². The van der Waals surface area contributed by atoms with Crippen molar-refractivity contribution in [2.24, 2.45) is 5.73 Å². The van der Waals surface area contributed by atoms with Gasteiger partial charge in [-0.25, -0.2) is 0 Å². The van der Waals surface area contributed by atoms with Crippen LogP contribution in [0.25, 0.3) is 0 Å². The van der Waals surface area contributed by atoms with E-state index in [0.29, 0.717) is 0 Å². The number of carbonyl (C=O) groups is 1. The number of primary amides is 1. The zero-order chi connectivity index (χ0) is 14.4. The summed E-state index contributed by atoms with van der Waals surface area (Å²) in [4.78, 5) is 13.9. The van der Waals surface area contributed by atoms with Gasteiger partial charge in [-0.2, -0.15) is 0 Å². The highest BCUT2D eigenvalue weighted by Crippen LogP contribution is 2.27. The third-order valence-corrected chi connectivity index (χ3v) is 3.87. The number of amides is 1. The summed E-state index contributed by atoms with van der Waals surface area (Å²) in [5.41, 5.74) is 7.97. The minimum atomic E-state index is -0.207. The van der Waals surface area contributed by atoms with Crippen LogP contribution in [0.3, 0.4) is 0 Å². The molecule has 2 rings (SSSR count). The van der Waals surface area contributed by atoms with Crippen molar-refractivity contribution < 1.29 is 4.79 Å². The summed E-state index contributed by atoms with van der Waals surface area (Å²) in [6.45, 7) is 4.92. The van der Waals surface area contributed by atoms with Crippen LogP contribution >= 0.6 is 0 Å². The van der Waals surface area contributed by atoms with Gasteiger partial charge in [0, 0.05) is 18.8 Å². The molecule has 20 heavy (non-hydrogen) atoms. The van der Waals surface area contributed by atoms with Gasteiger partial charge >= 0.3 is 0 Å². The Balaban J connectivity index is 2.19. The molecule has 0 aromatic heterocycles. The standard InChI is InChI=1S/C16H25N3O/c1-2-10-18-12-13-7-3-4-8-14(13)19-11-6-5-9-15(19)16(17)20/h3-4,7-8,15,18H,2,5-6,9-12H2,1H3,(H2,17,20). The van der Waals surface area contributed by atoms with Gasteiger partial charge in [-0.15, -0.1) is 0 Å². The molecule has 0 spiro atoms. The predicted molar refractivity (Wildman–Crippen MR) is 82.6 cm³/mol. The van der Waals surface area contributed by atoms with Crippen LogP contribution in [-0.4, -0.2) is 25.0 Å². The van der Waals surface area contributed by atoms with Gasteiger partial charge in [-0.3, -0.25) is 4.79 Å². The van der Waals surface area contributed by atoms with Crippen molar-refractivity contribution in [3.63, 3.8) is 0 Å². The van der Waals surface area contributed by atoms with Crippen molar-refractivity contribution in [3.8, 4) is 0 Å². The first-order valence-electron chi connectivity index (χ1n) is 7.58. The van der Waals surface area contributed by atoms with E-state index in [2.05, 4.69) is 35.3 Å². The molecule has 0 saturated carbocycles. The lowest BCUT2D eigenvalue weighted by Crippen LogP contribution is -2.48. The third-order valence-electron chi connectivity index (χ3n) is 3.87. The Morgan fingerprint density at radius 3 is 2.95 bits per heavy atom. The first-order chi connectivity index (χ1) is 9.74. The second-order valence-electron chi connectivity index (χ2n) is 5.41. The Kier molecular flexibility index (Phi) is 5.41. The lowest BCUT2D eigenvalue weighted by atomic mass is 9.99. The van der Waals surface area contributed by atoms with E-state index in [-0.39, 0.29) is 11.9 Å². The van der Waals surface area contributed by atoms with Gasteiger partial charge in [-0.05, 0) is 43.9 Å². The van der Waals surface area contributed by atoms with E-state index >= 15 is 0 Å². The maximum absolute atomic E-state index is 11.7. The Labute approximate surface area is 121 Å². The van der Waals surface area contributed by atoms with Gasteiger partial charge in [0.15, 0.2) is 0 Å². The maximum Gasteiger partial charge on any atom is 0.240 e. The monoisotopic (exact) mass is 275 g/mol. The van der Waals surface area contributed by atoms with Gasteiger partial charge in [0.2, 0.25) is 5.91 Å². The predicted octanol–water partition coefficient (Wildman–Crippen LogP) is 2.03. The number of carbonyl (C=O) groups excluding carboxylic acids is 1. The van der Waals surface area contributed by atoms with E-state index in [0.717, 1.165) is 51.0 Å². The molecule has 1 aliphatic heterocycles. The average molecular weight is 275 g/mol. The summed E-state index contributed by atoms with van der Waals surface area (Å²) >= 11 is 0. The Bertz CT molecular complexity index is 447. The molecule has 1 aromatic carbocycles. The van der Waals surface area contributed by atoms with Crippen molar-refractivity contribution in [1.82, 2.24) is 5.32 Å². The number of nitrogens with one attached hydrogen (secondary N) is 1. The number of benzene rings is 1. The van der Waals surface area contributed by atoms with E-state index in [1.165, 1.54) is 5.56 Å². The molecule has 1 aromatic rings. The fraction of sp³-hybridized carbons (Fsp3) is 0.562. The quantitative estimate of drug-likeness (QED) is 0.781.